The van der Waals surface area contributed by atoms with Crippen LogP contribution >= 0.6 is 0 Å². The number of benzene rings is 1. The normalized spacial score (nSPS) is 10.0. The number of amides is 2. The molecule has 0 saturated heterocycles. The van der Waals surface area contributed by atoms with Crippen LogP contribution in [0.15, 0.2) is 41.0 Å². The van der Waals surface area contributed by atoms with Crippen LogP contribution in [0.5, 0.6) is 0 Å². The van der Waals surface area contributed by atoms with Gasteiger partial charge in [0.1, 0.15) is 11.6 Å². The monoisotopic (exact) mass is 238 g/mol. The van der Waals surface area contributed by atoms with Crippen molar-refractivity contribution < 1.29 is 18.0 Å². The summed E-state index contributed by atoms with van der Waals surface area (Å²) in [5.74, 6) is -1.15. The molecule has 0 aliphatic rings. The lowest BCUT2D eigenvalue weighted by Gasteiger charge is -2.06. The molecule has 1 heterocycles. The van der Waals surface area contributed by atoms with Crippen LogP contribution in [0.1, 0.15) is 0 Å². The van der Waals surface area contributed by atoms with Gasteiger partial charge in [0.2, 0.25) is 5.88 Å². The molecule has 0 bridgehead atoms. The summed E-state index contributed by atoms with van der Waals surface area (Å²) < 4.78 is 30.9. The molecule has 0 radical (unpaired) electrons. The fourth-order valence-corrected chi connectivity index (χ4v) is 1.21. The predicted octanol–water partition coefficient (Wildman–Crippen LogP) is 3.20. The summed E-state index contributed by atoms with van der Waals surface area (Å²) >= 11 is 0. The van der Waals surface area contributed by atoms with Crippen LogP contribution < -0.4 is 10.6 Å². The molecule has 4 nitrogen and oxygen atoms in total. The van der Waals surface area contributed by atoms with Gasteiger partial charge in [-0.05, 0) is 18.2 Å². The number of rotatable bonds is 2. The van der Waals surface area contributed by atoms with Gasteiger partial charge in [-0.25, -0.2) is 13.6 Å². The Morgan fingerprint density at radius 1 is 1.18 bits per heavy atom. The smallest absolute Gasteiger partial charge is 0.326 e. The molecule has 0 spiro atoms. The zero-order valence-electron chi connectivity index (χ0n) is 8.54. The van der Waals surface area contributed by atoms with Gasteiger partial charge in [-0.1, -0.05) is 0 Å². The quantitative estimate of drug-likeness (QED) is 0.844. The summed E-state index contributed by atoms with van der Waals surface area (Å²) in [5.41, 5.74) is -0.242. The number of nitrogens with one attached hydrogen (secondary N) is 2. The first kappa shape index (κ1) is 11.1. The van der Waals surface area contributed by atoms with E-state index >= 15 is 0 Å². The number of carbonyl (C=O) groups is 1. The fourth-order valence-electron chi connectivity index (χ4n) is 1.21. The zero-order valence-corrected chi connectivity index (χ0v) is 8.54. The van der Waals surface area contributed by atoms with Gasteiger partial charge in [0, 0.05) is 12.1 Å². The average Bonchev–Trinajstić information content (AvgIpc) is 2.76. The maximum Gasteiger partial charge on any atom is 0.326 e. The Bertz CT molecular complexity index is 526. The molecule has 0 atom stereocenters. The first-order valence-electron chi connectivity index (χ1n) is 4.72. The summed E-state index contributed by atoms with van der Waals surface area (Å²) in [5, 5.41) is 4.48. The SMILES string of the molecule is O=C(Nc1ccco1)Nc1cc(F)ccc1F. The fraction of sp³-hybridized carbons (Fsp3) is 0. The first-order chi connectivity index (χ1) is 8.15. The molecule has 1 aromatic heterocycles. The highest BCUT2D eigenvalue weighted by molar-refractivity contribution is 5.98. The van der Waals surface area contributed by atoms with Gasteiger partial charge in [-0.3, -0.25) is 5.32 Å². The van der Waals surface area contributed by atoms with Gasteiger partial charge in [-0.15, -0.1) is 0 Å². The standard InChI is InChI=1S/C11H8F2N2O2/c12-7-3-4-8(13)9(6-7)14-11(16)15-10-2-1-5-17-10/h1-6H,(H2,14,15,16). The second-order valence-electron chi connectivity index (χ2n) is 3.18. The molecule has 0 aliphatic heterocycles. The highest BCUT2D eigenvalue weighted by Crippen LogP contribution is 2.15. The number of carbonyl (C=O) groups excluding carboxylic acids is 1. The summed E-state index contributed by atoms with van der Waals surface area (Å²) in [6.07, 6.45) is 1.37. The molecule has 0 aliphatic carbocycles. The highest BCUT2D eigenvalue weighted by atomic mass is 19.1. The molecular weight excluding hydrogens is 230 g/mol. The molecule has 0 fully saturated rings. The summed E-state index contributed by atoms with van der Waals surface area (Å²) in [4.78, 5) is 11.4. The Hall–Kier alpha value is -2.37. The molecule has 6 heteroatoms. The van der Waals surface area contributed by atoms with Crippen molar-refractivity contribution in [3.05, 3.63) is 48.2 Å². The van der Waals surface area contributed by atoms with Gasteiger partial charge in [0.25, 0.3) is 0 Å². The minimum absolute atomic E-state index is 0.208. The van der Waals surface area contributed by atoms with Crippen molar-refractivity contribution in [1.82, 2.24) is 0 Å². The Labute approximate surface area is 95.2 Å². The third-order valence-corrected chi connectivity index (χ3v) is 1.93. The van der Waals surface area contributed by atoms with E-state index in [1.54, 1.807) is 6.07 Å². The number of urea groups is 1. The van der Waals surface area contributed by atoms with Crippen LogP contribution in [0.2, 0.25) is 0 Å². The van der Waals surface area contributed by atoms with Crippen LogP contribution in [0.3, 0.4) is 0 Å². The number of hydrogen-bond donors (Lipinski definition) is 2. The Balaban J connectivity index is 2.05. The molecule has 2 N–H and O–H groups in total. The number of anilines is 2. The molecule has 88 valence electrons. The van der Waals surface area contributed by atoms with Crippen molar-refractivity contribution in [3.8, 4) is 0 Å². The van der Waals surface area contributed by atoms with E-state index in [4.69, 9.17) is 4.42 Å². The van der Waals surface area contributed by atoms with Gasteiger partial charge >= 0.3 is 6.03 Å². The van der Waals surface area contributed by atoms with E-state index in [1.807, 2.05) is 0 Å². The van der Waals surface area contributed by atoms with Crippen LogP contribution in [-0.2, 0) is 0 Å². The average molecular weight is 238 g/mol. The second-order valence-corrected chi connectivity index (χ2v) is 3.18. The van der Waals surface area contributed by atoms with E-state index in [2.05, 4.69) is 10.6 Å². The Morgan fingerprint density at radius 2 is 2.00 bits per heavy atom. The summed E-state index contributed by atoms with van der Waals surface area (Å²) in [6, 6.07) is 5.16. The third kappa shape index (κ3) is 2.81. The van der Waals surface area contributed by atoms with Crippen LogP contribution in [0.4, 0.5) is 25.1 Å². The molecule has 2 amide bonds. The van der Waals surface area contributed by atoms with E-state index in [9.17, 15) is 13.6 Å². The van der Waals surface area contributed by atoms with Crippen molar-refractivity contribution in [2.75, 3.05) is 10.6 Å². The minimum atomic E-state index is -0.721. The molecule has 0 unspecified atom stereocenters. The lowest BCUT2D eigenvalue weighted by Crippen LogP contribution is -2.19. The van der Waals surface area contributed by atoms with Gasteiger partial charge in [0.15, 0.2) is 0 Å². The van der Waals surface area contributed by atoms with E-state index in [1.165, 1.54) is 12.3 Å². The molecule has 2 rings (SSSR count). The van der Waals surface area contributed by atoms with Crippen molar-refractivity contribution in [3.63, 3.8) is 0 Å². The van der Waals surface area contributed by atoms with Crippen molar-refractivity contribution >= 4 is 17.6 Å². The van der Waals surface area contributed by atoms with Crippen molar-refractivity contribution in [1.29, 1.82) is 0 Å². The Kier molecular flexibility index (Phi) is 3.04. The lowest BCUT2D eigenvalue weighted by atomic mass is 10.3. The van der Waals surface area contributed by atoms with E-state index in [0.29, 0.717) is 0 Å². The minimum Gasteiger partial charge on any atom is -0.449 e. The maximum atomic E-state index is 13.2. The molecular formula is C11H8F2N2O2. The first-order valence-corrected chi connectivity index (χ1v) is 4.72. The predicted molar refractivity (Wildman–Crippen MR) is 57.7 cm³/mol. The number of halogens is 2. The molecule has 2 aromatic rings. The van der Waals surface area contributed by atoms with Gasteiger partial charge < -0.3 is 9.73 Å². The number of furan rings is 1. The topological polar surface area (TPSA) is 54.3 Å². The zero-order chi connectivity index (χ0) is 12.3. The van der Waals surface area contributed by atoms with Gasteiger partial charge in [0.05, 0.1) is 12.0 Å². The highest BCUT2D eigenvalue weighted by Gasteiger charge is 2.08. The maximum absolute atomic E-state index is 13.2. The van der Waals surface area contributed by atoms with E-state index < -0.39 is 17.7 Å². The van der Waals surface area contributed by atoms with E-state index in [-0.39, 0.29) is 11.6 Å². The lowest BCUT2D eigenvalue weighted by molar-refractivity contribution is 0.261. The largest absolute Gasteiger partial charge is 0.449 e. The Morgan fingerprint density at radius 3 is 2.71 bits per heavy atom. The summed E-state index contributed by atoms with van der Waals surface area (Å²) in [6.45, 7) is 0. The number of hydrogen-bond acceptors (Lipinski definition) is 2. The van der Waals surface area contributed by atoms with Crippen LogP contribution in [0.25, 0.3) is 0 Å². The molecule has 1 aromatic carbocycles. The van der Waals surface area contributed by atoms with Gasteiger partial charge in [-0.2, -0.15) is 0 Å². The van der Waals surface area contributed by atoms with Crippen LogP contribution in [0, 0.1) is 11.6 Å². The molecule has 17 heavy (non-hydrogen) atoms. The third-order valence-electron chi connectivity index (χ3n) is 1.93. The van der Waals surface area contributed by atoms with Crippen molar-refractivity contribution in [2.45, 2.75) is 0 Å². The van der Waals surface area contributed by atoms with Crippen LogP contribution in [-0.4, -0.2) is 6.03 Å². The van der Waals surface area contributed by atoms with E-state index in [0.717, 1.165) is 18.2 Å². The summed E-state index contributed by atoms with van der Waals surface area (Å²) in [7, 11) is 0. The second kappa shape index (κ2) is 4.65. The van der Waals surface area contributed by atoms with Crippen molar-refractivity contribution in [2.24, 2.45) is 0 Å². The molecule has 0 saturated carbocycles.